The van der Waals surface area contributed by atoms with Crippen molar-refractivity contribution in [1.29, 1.82) is 0 Å². The van der Waals surface area contributed by atoms with Gasteiger partial charge in [0.05, 0.1) is 12.1 Å². The standard InChI is InChI=1S/C7H6Br2N2O/c8-4-1-5(9)6(11-3-4)2-7(10)12/h1,3H,2H2,(H2,10,12). The Morgan fingerprint density at radius 1 is 1.58 bits per heavy atom. The maximum absolute atomic E-state index is 10.6. The molecule has 1 rings (SSSR count). The predicted octanol–water partition coefficient (Wildman–Crippen LogP) is 1.63. The molecule has 0 saturated carbocycles. The molecule has 0 fully saturated rings. The van der Waals surface area contributed by atoms with E-state index in [9.17, 15) is 4.79 Å². The molecular weight excluding hydrogens is 288 g/mol. The number of primary amides is 1. The molecule has 5 heteroatoms. The highest BCUT2D eigenvalue weighted by Gasteiger charge is 2.04. The molecule has 1 aromatic rings. The number of pyridine rings is 1. The minimum Gasteiger partial charge on any atom is -0.369 e. The fourth-order valence-electron chi connectivity index (χ4n) is 0.738. The molecule has 1 heterocycles. The van der Waals surface area contributed by atoms with Crippen molar-refractivity contribution < 1.29 is 4.79 Å². The molecule has 0 spiro atoms. The third-order valence-electron chi connectivity index (χ3n) is 1.23. The third-order valence-corrected chi connectivity index (χ3v) is 2.35. The highest BCUT2D eigenvalue weighted by Crippen LogP contribution is 2.19. The molecule has 12 heavy (non-hydrogen) atoms. The first-order valence-electron chi connectivity index (χ1n) is 3.18. The lowest BCUT2D eigenvalue weighted by atomic mass is 10.3. The van der Waals surface area contributed by atoms with E-state index in [4.69, 9.17) is 5.73 Å². The van der Waals surface area contributed by atoms with E-state index in [-0.39, 0.29) is 12.3 Å². The topological polar surface area (TPSA) is 56.0 Å². The number of nitrogens with zero attached hydrogens (tertiary/aromatic N) is 1. The van der Waals surface area contributed by atoms with Crippen molar-refractivity contribution in [3.05, 3.63) is 26.9 Å². The Hall–Kier alpha value is -0.420. The Kier molecular flexibility index (Phi) is 3.22. The van der Waals surface area contributed by atoms with Gasteiger partial charge in [-0.3, -0.25) is 9.78 Å². The molecule has 0 unspecified atom stereocenters. The van der Waals surface area contributed by atoms with Crippen molar-refractivity contribution in [1.82, 2.24) is 4.98 Å². The smallest absolute Gasteiger partial charge is 0.223 e. The summed E-state index contributed by atoms with van der Waals surface area (Å²) in [6.45, 7) is 0. The van der Waals surface area contributed by atoms with Crippen LogP contribution in [0, 0.1) is 0 Å². The van der Waals surface area contributed by atoms with Crippen LogP contribution in [0.15, 0.2) is 21.2 Å². The Morgan fingerprint density at radius 3 is 2.75 bits per heavy atom. The SMILES string of the molecule is NC(=O)Cc1ncc(Br)cc1Br. The average molecular weight is 294 g/mol. The molecule has 0 aliphatic rings. The summed E-state index contributed by atoms with van der Waals surface area (Å²) in [7, 11) is 0. The molecule has 3 nitrogen and oxygen atoms in total. The molecule has 0 aliphatic carbocycles. The van der Waals surface area contributed by atoms with Gasteiger partial charge in [0.25, 0.3) is 0 Å². The van der Waals surface area contributed by atoms with Crippen molar-refractivity contribution in [2.24, 2.45) is 5.73 Å². The van der Waals surface area contributed by atoms with Crippen LogP contribution in [0.5, 0.6) is 0 Å². The number of carbonyl (C=O) groups excluding carboxylic acids is 1. The van der Waals surface area contributed by atoms with Crippen LogP contribution in [-0.4, -0.2) is 10.9 Å². The van der Waals surface area contributed by atoms with Gasteiger partial charge in [0.1, 0.15) is 0 Å². The molecule has 0 atom stereocenters. The second-order valence-electron chi connectivity index (χ2n) is 2.23. The van der Waals surface area contributed by atoms with Gasteiger partial charge in [-0.1, -0.05) is 0 Å². The summed E-state index contributed by atoms with van der Waals surface area (Å²) in [6.07, 6.45) is 1.79. The largest absolute Gasteiger partial charge is 0.369 e. The van der Waals surface area contributed by atoms with Crippen LogP contribution in [0.25, 0.3) is 0 Å². The minimum atomic E-state index is -0.384. The molecule has 0 bridgehead atoms. The van der Waals surface area contributed by atoms with Crippen molar-refractivity contribution in [2.45, 2.75) is 6.42 Å². The Balaban J connectivity index is 2.93. The summed E-state index contributed by atoms with van der Waals surface area (Å²) in [6, 6.07) is 1.82. The quantitative estimate of drug-likeness (QED) is 0.901. The lowest BCUT2D eigenvalue weighted by molar-refractivity contribution is -0.117. The van der Waals surface area contributed by atoms with Gasteiger partial charge in [-0.25, -0.2) is 0 Å². The predicted molar refractivity (Wildman–Crippen MR) is 52.5 cm³/mol. The number of amides is 1. The first-order valence-corrected chi connectivity index (χ1v) is 4.76. The van der Waals surface area contributed by atoms with Crippen LogP contribution >= 0.6 is 31.9 Å². The summed E-state index contributed by atoms with van der Waals surface area (Å²) in [5, 5.41) is 0. The van der Waals surface area contributed by atoms with Gasteiger partial charge >= 0.3 is 0 Å². The summed E-state index contributed by atoms with van der Waals surface area (Å²) in [5.74, 6) is -0.384. The number of halogens is 2. The number of hydrogen-bond acceptors (Lipinski definition) is 2. The zero-order valence-electron chi connectivity index (χ0n) is 6.05. The third kappa shape index (κ3) is 2.57. The molecule has 0 aromatic carbocycles. The van der Waals surface area contributed by atoms with E-state index in [2.05, 4.69) is 36.8 Å². The van der Waals surface area contributed by atoms with Crippen LogP contribution in [0.1, 0.15) is 5.69 Å². The Morgan fingerprint density at radius 2 is 2.25 bits per heavy atom. The summed E-state index contributed by atoms with van der Waals surface area (Å²) in [5.41, 5.74) is 5.68. The molecule has 1 aromatic heterocycles. The normalized spacial score (nSPS) is 9.83. The van der Waals surface area contributed by atoms with E-state index in [1.165, 1.54) is 0 Å². The van der Waals surface area contributed by atoms with E-state index >= 15 is 0 Å². The van der Waals surface area contributed by atoms with Crippen LogP contribution in [0.4, 0.5) is 0 Å². The van der Waals surface area contributed by atoms with Gasteiger partial charge in [-0.05, 0) is 37.9 Å². The molecule has 64 valence electrons. The van der Waals surface area contributed by atoms with Crippen molar-refractivity contribution in [3.8, 4) is 0 Å². The van der Waals surface area contributed by atoms with Crippen LogP contribution in [-0.2, 0) is 11.2 Å². The fraction of sp³-hybridized carbons (Fsp3) is 0.143. The van der Waals surface area contributed by atoms with Crippen LogP contribution in [0.2, 0.25) is 0 Å². The number of nitrogens with two attached hydrogens (primary N) is 1. The van der Waals surface area contributed by atoms with Crippen molar-refractivity contribution in [3.63, 3.8) is 0 Å². The highest BCUT2D eigenvalue weighted by molar-refractivity contribution is 9.11. The van der Waals surface area contributed by atoms with Gasteiger partial charge < -0.3 is 5.73 Å². The number of aromatic nitrogens is 1. The maximum atomic E-state index is 10.6. The first-order chi connectivity index (χ1) is 5.59. The average Bonchev–Trinajstić information content (AvgIpc) is 1.94. The van der Waals surface area contributed by atoms with E-state index in [0.29, 0.717) is 5.69 Å². The highest BCUT2D eigenvalue weighted by atomic mass is 79.9. The van der Waals surface area contributed by atoms with Gasteiger partial charge in [-0.15, -0.1) is 0 Å². The monoisotopic (exact) mass is 292 g/mol. The van der Waals surface area contributed by atoms with Crippen LogP contribution in [0.3, 0.4) is 0 Å². The minimum absolute atomic E-state index is 0.161. The molecule has 0 aliphatic heterocycles. The molecule has 0 radical (unpaired) electrons. The van der Waals surface area contributed by atoms with Gasteiger partial charge in [0, 0.05) is 15.1 Å². The zero-order chi connectivity index (χ0) is 9.14. The number of carbonyl (C=O) groups is 1. The van der Waals surface area contributed by atoms with Crippen molar-refractivity contribution in [2.75, 3.05) is 0 Å². The van der Waals surface area contributed by atoms with Crippen LogP contribution < -0.4 is 5.73 Å². The number of rotatable bonds is 2. The van der Waals surface area contributed by atoms with Gasteiger partial charge in [0.15, 0.2) is 0 Å². The maximum Gasteiger partial charge on any atom is 0.223 e. The molecule has 2 N–H and O–H groups in total. The van der Waals surface area contributed by atoms with E-state index < -0.39 is 0 Å². The second-order valence-corrected chi connectivity index (χ2v) is 4.00. The Labute approximate surface area is 86.6 Å². The summed E-state index contributed by atoms with van der Waals surface area (Å²) < 4.78 is 1.65. The first kappa shape index (κ1) is 9.67. The summed E-state index contributed by atoms with van der Waals surface area (Å²) >= 11 is 6.53. The van der Waals surface area contributed by atoms with Gasteiger partial charge in [-0.2, -0.15) is 0 Å². The summed E-state index contributed by atoms with van der Waals surface area (Å²) in [4.78, 5) is 14.6. The zero-order valence-corrected chi connectivity index (χ0v) is 9.22. The molecular formula is C7H6Br2N2O. The van der Waals surface area contributed by atoms with E-state index in [1.807, 2.05) is 6.07 Å². The lowest BCUT2D eigenvalue weighted by Crippen LogP contribution is -2.14. The molecule has 0 saturated heterocycles. The van der Waals surface area contributed by atoms with E-state index in [1.54, 1.807) is 6.20 Å². The van der Waals surface area contributed by atoms with Gasteiger partial charge in [0.2, 0.25) is 5.91 Å². The lowest BCUT2D eigenvalue weighted by Gasteiger charge is -2.00. The van der Waals surface area contributed by atoms with E-state index in [0.717, 1.165) is 8.95 Å². The van der Waals surface area contributed by atoms with Crippen molar-refractivity contribution >= 4 is 37.8 Å². The second kappa shape index (κ2) is 4.00. The molecule has 1 amide bonds. The fourth-order valence-corrected chi connectivity index (χ4v) is 1.87. The Bertz CT molecular complexity index is 314. The number of hydrogen-bond donors (Lipinski definition) is 1.